The van der Waals surface area contributed by atoms with E-state index in [1.54, 1.807) is 0 Å². The lowest BCUT2D eigenvalue weighted by Crippen LogP contribution is -2.14. The molecule has 5 heteroatoms. The third-order valence-electron chi connectivity index (χ3n) is 1.61. The fourth-order valence-electron chi connectivity index (χ4n) is 0.696. The van der Waals surface area contributed by atoms with Gasteiger partial charge in [-0.25, -0.2) is 0 Å². The maximum absolute atomic E-state index is 5.46. The minimum atomic E-state index is 0.218. The Labute approximate surface area is 82.2 Å². The number of methoxy groups -OCH3 is 3. The van der Waals surface area contributed by atoms with E-state index in [2.05, 4.69) is 6.92 Å². The van der Waals surface area contributed by atoms with Gasteiger partial charge in [-0.05, 0) is 6.42 Å². The molecule has 0 aromatic carbocycles. The second-order valence-corrected chi connectivity index (χ2v) is 3.81. The van der Waals surface area contributed by atoms with Gasteiger partial charge in [-0.1, -0.05) is 6.92 Å². The molecule has 13 heavy (non-hydrogen) atoms. The summed E-state index contributed by atoms with van der Waals surface area (Å²) in [6.45, 7) is 2.06. The summed E-state index contributed by atoms with van der Waals surface area (Å²) in [5.41, 5.74) is 0.218. The first-order valence-corrected chi connectivity index (χ1v) is 5.37. The van der Waals surface area contributed by atoms with Crippen LogP contribution in [-0.4, -0.2) is 37.3 Å². The van der Waals surface area contributed by atoms with Crippen LogP contribution in [-0.2, 0) is 18.9 Å². The van der Waals surface area contributed by atoms with Crippen LogP contribution in [0.15, 0.2) is 11.9 Å². The van der Waals surface area contributed by atoms with Crippen molar-refractivity contribution in [3.63, 3.8) is 0 Å². The first-order valence-electron chi connectivity index (χ1n) is 4.22. The molecule has 0 rings (SSSR count). The molecule has 0 saturated carbocycles. The van der Waals surface area contributed by atoms with Crippen molar-refractivity contribution in [1.29, 1.82) is 0 Å². The van der Waals surface area contributed by atoms with Crippen molar-refractivity contribution >= 4 is 10.2 Å². The molecular weight excluding hydrogens is 188 g/mol. The predicted molar refractivity (Wildman–Crippen MR) is 53.2 cm³/mol. The highest BCUT2D eigenvalue weighted by molar-refractivity contribution is 6.11. The Hall–Kier alpha value is -0.843. The van der Waals surface area contributed by atoms with Crippen LogP contribution in [0, 0.1) is 0 Å². The van der Waals surface area contributed by atoms with Crippen LogP contribution in [0.1, 0.15) is 13.3 Å². The highest BCUT2D eigenvalue weighted by Crippen LogP contribution is 2.11. The monoisotopic (exact) mass is 206 g/mol. The molecule has 0 aliphatic rings. The number of hydrogen-bond acceptors (Lipinski definition) is 4. The maximum atomic E-state index is 5.46. The summed E-state index contributed by atoms with van der Waals surface area (Å²) in [6, 6.07) is 0. The Morgan fingerprint density at radius 1 is 1.08 bits per heavy atom. The van der Waals surface area contributed by atoms with Gasteiger partial charge in [0.25, 0.3) is 0 Å². The molecule has 0 bridgehead atoms. The van der Waals surface area contributed by atoms with Gasteiger partial charge in [-0.3, -0.25) is 0 Å². The molecule has 0 aliphatic carbocycles. The van der Waals surface area contributed by atoms with E-state index in [0.29, 0.717) is 5.95 Å². The lowest BCUT2D eigenvalue weighted by molar-refractivity contribution is -0.0179. The SMILES string of the molecule is CCC([SiH3])OC(OC)=C(OC)OC. The van der Waals surface area contributed by atoms with Gasteiger partial charge in [0.2, 0.25) is 0 Å². The molecule has 0 aromatic rings. The van der Waals surface area contributed by atoms with Gasteiger partial charge in [0.15, 0.2) is 0 Å². The van der Waals surface area contributed by atoms with Gasteiger partial charge in [0.1, 0.15) is 0 Å². The van der Waals surface area contributed by atoms with E-state index in [9.17, 15) is 0 Å². The first-order chi connectivity index (χ1) is 6.19. The van der Waals surface area contributed by atoms with Gasteiger partial charge in [-0.2, -0.15) is 0 Å². The molecule has 0 radical (unpaired) electrons. The molecule has 1 unspecified atom stereocenters. The predicted octanol–water partition coefficient (Wildman–Crippen LogP) is 0.170. The molecular formula is C8H18O4Si. The summed E-state index contributed by atoms with van der Waals surface area (Å²) < 4.78 is 20.3. The molecule has 0 spiro atoms. The van der Waals surface area contributed by atoms with E-state index in [1.165, 1.54) is 21.3 Å². The molecule has 0 N–H and O–H groups in total. The smallest absolute Gasteiger partial charge is 0.363 e. The van der Waals surface area contributed by atoms with Crippen LogP contribution in [0.2, 0.25) is 0 Å². The van der Waals surface area contributed by atoms with Crippen molar-refractivity contribution < 1.29 is 18.9 Å². The van der Waals surface area contributed by atoms with Gasteiger partial charge < -0.3 is 18.9 Å². The lowest BCUT2D eigenvalue weighted by atomic mass is 10.5. The van der Waals surface area contributed by atoms with Crippen molar-refractivity contribution in [2.75, 3.05) is 21.3 Å². The van der Waals surface area contributed by atoms with E-state index in [0.717, 1.165) is 16.7 Å². The summed E-state index contributed by atoms with van der Waals surface area (Å²) in [6.07, 6.45) is 0.958. The van der Waals surface area contributed by atoms with Gasteiger partial charge in [0, 0.05) is 0 Å². The standard InChI is InChI=1S/C8H18O4Si/c1-5-6(13)12-8(11-4)7(9-2)10-3/h6H,5H2,1-4,13H3. The van der Waals surface area contributed by atoms with Crippen LogP contribution < -0.4 is 0 Å². The number of rotatable bonds is 6. The Morgan fingerprint density at radius 3 is 1.85 bits per heavy atom. The van der Waals surface area contributed by atoms with Crippen LogP contribution in [0.3, 0.4) is 0 Å². The average molecular weight is 206 g/mol. The summed E-state index contributed by atoms with van der Waals surface area (Å²) >= 11 is 0. The van der Waals surface area contributed by atoms with Crippen LogP contribution in [0.25, 0.3) is 0 Å². The molecule has 0 saturated heterocycles. The molecule has 0 fully saturated rings. The zero-order chi connectivity index (χ0) is 10.3. The van der Waals surface area contributed by atoms with Crippen molar-refractivity contribution in [3.8, 4) is 0 Å². The summed E-state index contributed by atoms with van der Waals surface area (Å²) in [7, 11) is 5.49. The summed E-state index contributed by atoms with van der Waals surface area (Å²) in [5.74, 6) is 0.587. The fourth-order valence-corrected chi connectivity index (χ4v) is 0.910. The van der Waals surface area contributed by atoms with Gasteiger partial charge >= 0.3 is 11.9 Å². The van der Waals surface area contributed by atoms with Crippen molar-refractivity contribution in [1.82, 2.24) is 0 Å². The average Bonchev–Trinajstić information content (AvgIpc) is 2.17. The Bertz CT molecular complexity index is 164. The fraction of sp³-hybridized carbons (Fsp3) is 0.750. The maximum Gasteiger partial charge on any atom is 0.363 e. The van der Waals surface area contributed by atoms with E-state index in [1.807, 2.05) is 0 Å². The van der Waals surface area contributed by atoms with Crippen molar-refractivity contribution in [3.05, 3.63) is 11.9 Å². The third-order valence-corrected chi connectivity index (χ3v) is 2.66. The van der Waals surface area contributed by atoms with E-state index in [4.69, 9.17) is 18.9 Å². The quantitative estimate of drug-likeness (QED) is 0.458. The molecule has 1 atom stereocenters. The Kier molecular flexibility index (Phi) is 6.22. The highest BCUT2D eigenvalue weighted by atomic mass is 28.1. The van der Waals surface area contributed by atoms with Crippen LogP contribution >= 0.6 is 0 Å². The van der Waals surface area contributed by atoms with E-state index >= 15 is 0 Å². The first kappa shape index (κ1) is 12.2. The normalized spacial score (nSPS) is 11.7. The second kappa shape index (κ2) is 6.65. The van der Waals surface area contributed by atoms with Gasteiger partial charge in [-0.15, -0.1) is 0 Å². The Morgan fingerprint density at radius 2 is 1.54 bits per heavy atom. The van der Waals surface area contributed by atoms with E-state index in [-0.39, 0.29) is 11.7 Å². The van der Waals surface area contributed by atoms with Crippen LogP contribution in [0.5, 0.6) is 0 Å². The zero-order valence-electron chi connectivity index (χ0n) is 8.92. The largest absolute Gasteiger partial charge is 0.464 e. The number of ether oxygens (including phenoxy) is 4. The molecule has 4 nitrogen and oxygen atoms in total. The molecule has 78 valence electrons. The topological polar surface area (TPSA) is 36.9 Å². The summed E-state index contributed by atoms with van der Waals surface area (Å²) in [4.78, 5) is 0. The van der Waals surface area contributed by atoms with Crippen molar-refractivity contribution in [2.45, 2.75) is 19.1 Å². The minimum absolute atomic E-state index is 0.218. The second-order valence-electron chi connectivity index (χ2n) is 2.52. The zero-order valence-corrected chi connectivity index (χ0v) is 10.9. The minimum Gasteiger partial charge on any atom is -0.464 e. The number of hydrogen-bond donors (Lipinski definition) is 0. The Balaban J connectivity index is 4.37. The van der Waals surface area contributed by atoms with Crippen LogP contribution in [0.4, 0.5) is 0 Å². The lowest BCUT2D eigenvalue weighted by Gasteiger charge is -2.16. The third kappa shape index (κ3) is 4.07. The highest BCUT2D eigenvalue weighted by Gasteiger charge is 2.13. The van der Waals surface area contributed by atoms with Gasteiger partial charge in [0.05, 0.1) is 37.3 Å². The molecule has 0 heterocycles. The molecule has 0 aliphatic heterocycles. The van der Waals surface area contributed by atoms with E-state index < -0.39 is 0 Å². The van der Waals surface area contributed by atoms with Crippen molar-refractivity contribution in [2.24, 2.45) is 0 Å². The molecule has 0 amide bonds. The molecule has 0 aromatic heterocycles. The summed E-state index contributed by atoms with van der Waals surface area (Å²) in [5, 5.41) is 0.